The molecular formula is C16H24N2O3S. The van der Waals surface area contributed by atoms with Crippen LogP contribution in [-0.4, -0.2) is 38.5 Å². The van der Waals surface area contributed by atoms with Crippen molar-refractivity contribution in [1.82, 2.24) is 10.6 Å². The van der Waals surface area contributed by atoms with Gasteiger partial charge in [-0.2, -0.15) is 0 Å². The van der Waals surface area contributed by atoms with E-state index in [2.05, 4.69) is 10.6 Å². The Balaban J connectivity index is 1.84. The standard InChI is InChI=1S/C16H24N2O3S/c1-16(2,3)22(21)9-8-17-15(20)18-14-12-7-5-4-6-11(12)10-13(14)19/h4-7,13-14,19H,8-10H2,1-3H3,(H2,17,18,20). The molecule has 2 amide bonds. The van der Waals surface area contributed by atoms with Crippen LogP contribution in [0.3, 0.4) is 0 Å². The molecule has 5 nitrogen and oxygen atoms in total. The molecule has 3 atom stereocenters. The van der Waals surface area contributed by atoms with Crippen molar-refractivity contribution in [2.24, 2.45) is 0 Å². The molecule has 0 heterocycles. The Labute approximate surface area is 134 Å². The number of carbonyl (C=O) groups excluding carboxylic acids is 1. The average Bonchev–Trinajstić information content (AvgIpc) is 2.74. The van der Waals surface area contributed by atoms with E-state index in [9.17, 15) is 14.1 Å². The van der Waals surface area contributed by atoms with Crippen LogP contribution in [0.2, 0.25) is 0 Å². The molecule has 0 bridgehead atoms. The van der Waals surface area contributed by atoms with E-state index in [4.69, 9.17) is 0 Å². The largest absolute Gasteiger partial charge is 0.390 e. The van der Waals surface area contributed by atoms with Gasteiger partial charge in [-0.15, -0.1) is 0 Å². The number of urea groups is 1. The van der Waals surface area contributed by atoms with E-state index in [0.29, 0.717) is 18.7 Å². The molecule has 3 N–H and O–H groups in total. The van der Waals surface area contributed by atoms with Gasteiger partial charge in [0, 0.05) is 34.3 Å². The molecule has 1 aromatic carbocycles. The van der Waals surface area contributed by atoms with Gasteiger partial charge in [-0.05, 0) is 31.9 Å². The third-order valence-electron chi connectivity index (χ3n) is 3.75. The predicted octanol–water partition coefficient (Wildman–Crippen LogP) is 1.49. The van der Waals surface area contributed by atoms with Crippen molar-refractivity contribution in [2.75, 3.05) is 12.3 Å². The van der Waals surface area contributed by atoms with Gasteiger partial charge in [0.2, 0.25) is 0 Å². The van der Waals surface area contributed by atoms with Crippen LogP contribution in [0.1, 0.15) is 37.9 Å². The predicted molar refractivity (Wildman–Crippen MR) is 88.2 cm³/mol. The fourth-order valence-electron chi connectivity index (χ4n) is 2.50. The molecule has 1 aliphatic rings. The topological polar surface area (TPSA) is 78.4 Å². The lowest BCUT2D eigenvalue weighted by molar-refractivity contribution is 0.142. The number of aliphatic hydroxyl groups excluding tert-OH is 1. The van der Waals surface area contributed by atoms with Gasteiger partial charge in [-0.3, -0.25) is 4.21 Å². The molecule has 6 heteroatoms. The maximum absolute atomic E-state index is 12.0. The minimum atomic E-state index is -0.993. The third-order valence-corrected chi connectivity index (χ3v) is 5.69. The summed E-state index contributed by atoms with van der Waals surface area (Å²) in [5.41, 5.74) is 2.03. The average molecular weight is 324 g/mol. The Morgan fingerprint density at radius 1 is 1.36 bits per heavy atom. The van der Waals surface area contributed by atoms with Crippen LogP contribution < -0.4 is 10.6 Å². The fourth-order valence-corrected chi connectivity index (χ4v) is 3.40. The van der Waals surface area contributed by atoms with E-state index < -0.39 is 16.9 Å². The zero-order valence-corrected chi connectivity index (χ0v) is 14.1. The first-order valence-corrected chi connectivity index (χ1v) is 8.79. The number of rotatable bonds is 4. The van der Waals surface area contributed by atoms with Crippen molar-refractivity contribution in [1.29, 1.82) is 0 Å². The van der Waals surface area contributed by atoms with Crippen LogP contribution in [0.25, 0.3) is 0 Å². The van der Waals surface area contributed by atoms with Crippen LogP contribution in [0.5, 0.6) is 0 Å². The summed E-state index contributed by atoms with van der Waals surface area (Å²) in [6, 6.07) is 6.98. The van der Waals surface area contributed by atoms with Crippen molar-refractivity contribution >= 4 is 16.8 Å². The molecule has 0 spiro atoms. The molecule has 0 aromatic heterocycles. The Morgan fingerprint density at radius 2 is 2.05 bits per heavy atom. The molecule has 3 unspecified atom stereocenters. The van der Waals surface area contributed by atoms with Crippen LogP contribution in [0.15, 0.2) is 24.3 Å². The highest BCUT2D eigenvalue weighted by Gasteiger charge is 2.31. The van der Waals surface area contributed by atoms with Crippen LogP contribution in [0.4, 0.5) is 4.79 Å². The molecule has 22 heavy (non-hydrogen) atoms. The van der Waals surface area contributed by atoms with Crippen LogP contribution in [-0.2, 0) is 17.2 Å². The summed E-state index contributed by atoms with van der Waals surface area (Å²) in [4.78, 5) is 12.0. The first-order valence-electron chi connectivity index (χ1n) is 7.48. The van der Waals surface area contributed by atoms with Crippen LogP contribution in [0, 0.1) is 0 Å². The minimum Gasteiger partial charge on any atom is -0.390 e. The molecule has 0 fully saturated rings. The number of benzene rings is 1. The lowest BCUT2D eigenvalue weighted by Crippen LogP contribution is -2.42. The summed E-state index contributed by atoms with van der Waals surface area (Å²) in [5, 5.41) is 15.6. The highest BCUT2D eigenvalue weighted by molar-refractivity contribution is 7.86. The van der Waals surface area contributed by atoms with E-state index in [1.807, 2.05) is 45.0 Å². The summed E-state index contributed by atoms with van der Waals surface area (Å²) in [5.74, 6) is 0.417. The van der Waals surface area contributed by atoms with Gasteiger partial charge in [-0.1, -0.05) is 24.3 Å². The highest BCUT2D eigenvalue weighted by atomic mass is 32.2. The second kappa shape index (κ2) is 6.79. The van der Waals surface area contributed by atoms with Crippen molar-refractivity contribution in [3.05, 3.63) is 35.4 Å². The van der Waals surface area contributed by atoms with Gasteiger partial charge in [-0.25, -0.2) is 4.79 Å². The lowest BCUT2D eigenvalue weighted by Gasteiger charge is -2.20. The first-order chi connectivity index (χ1) is 10.3. The zero-order chi connectivity index (χ0) is 16.3. The molecule has 0 aliphatic heterocycles. The second-order valence-corrected chi connectivity index (χ2v) is 8.83. The third kappa shape index (κ3) is 4.08. The molecule has 0 radical (unpaired) electrons. The van der Waals surface area contributed by atoms with Gasteiger partial charge in [0.25, 0.3) is 0 Å². The summed E-state index contributed by atoms with van der Waals surface area (Å²) < 4.78 is 11.6. The zero-order valence-electron chi connectivity index (χ0n) is 13.3. The Kier molecular flexibility index (Phi) is 5.24. The molecule has 1 aliphatic carbocycles. The van der Waals surface area contributed by atoms with Gasteiger partial charge in [0.05, 0.1) is 12.1 Å². The Morgan fingerprint density at radius 3 is 2.73 bits per heavy atom. The molecule has 0 saturated carbocycles. The second-order valence-electron chi connectivity index (χ2n) is 6.51. The number of fused-ring (bicyclic) bond motifs is 1. The monoisotopic (exact) mass is 324 g/mol. The normalized spacial score (nSPS) is 22.0. The van der Waals surface area contributed by atoms with Gasteiger partial charge >= 0.3 is 6.03 Å². The molecule has 2 rings (SSSR count). The smallest absolute Gasteiger partial charge is 0.315 e. The fraction of sp³-hybridized carbons (Fsp3) is 0.562. The summed E-state index contributed by atoms with van der Waals surface area (Å²) in [6.45, 7) is 6.08. The molecule has 0 saturated heterocycles. The quantitative estimate of drug-likeness (QED) is 0.785. The van der Waals surface area contributed by atoms with E-state index >= 15 is 0 Å². The first kappa shape index (κ1) is 17.0. The number of hydrogen-bond donors (Lipinski definition) is 3. The summed E-state index contributed by atoms with van der Waals surface area (Å²) >= 11 is 0. The number of nitrogens with one attached hydrogen (secondary N) is 2. The summed E-state index contributed by atoms with van der Waals surface area (Å²) in [6.07, 6.45) is -0.0540. The highest BCUT2D eigenvalue weighted by Crippen LogP contribution is 2.30. The summed E-state index contributed by atoms with van der Waals surface area (Å²) in [7, 11) is -0.993. The minimum absolute atomic E-state index is 0.279. The maximum atomic E-state index is 12.0. The van der Waals surface area contributed by atoms with Crippen molar-refractivity contribution in [3.63, 3.8) is 0 Å². The molecular weight excluding hydrogens is 300 g/mol. The number of amides is 2. The Hall–Kier alpha value is -1.40. The van der Waals surface area contributed by atoms with E-state index in [0.717, 1.165) is 11.1 Å². The Bertz CT molecular complexity index is 569. The maximum Gasteiger partial charge on any atom is 0.315 e. The van der Waals surface area contributed by atoms with Gasteiger partial charge in [0.1, 0.15) is 0 Å². The van der Waals surface area contributed by atoms with Crippen molar-refractivity contribution in [3.8, 4) is 0 Å². The number of hydrogen-bond acceptors (Lipinski definition) is 3. The van der Waals surface area contributed by atoms with E-state index in [-0.39, 0.29) is 16.8 Å². The number of aliphatic hydroxyl groups is 1. The SMILES string of the molecule is CC(C)(C)S(=O)CCNC(=O)NC1c2ccccc2CC1O. The van der Waals surface area contributed by atoms with E-state index in [1.54, 1.807) is 0 Å². The van der Waals surface area contributed by atoms with Crippen molar-refractivity contribution in [2.45, 2.75) is 44.1 Å². The number of carbonyl (C=O) groups is 1. The van der Waals surface area contributed by atoms with E-state index in [1.165, 1.54) is 0 Å². The van der Waals surface area contributed by atoms with Crippen LogP contribution >= 0.6 is 0 Å². The molecule has 122 valence electrons. The molecule has 1 aromatic rings. The van der Waals surface area contributed by atoms with Gasteiger partial charge < -0.3 is 15.7 Å². The van der Waals surface area contributed by atoms with Gasteiger partial charge in [0.15, 0.2) is 0 Å². The lowest BCUT2D eigenvalue weighted by atomic mass is 10.1. The van der Waals surface area contributed by atoms with Crippen molar-refractivity contribution < 1.29 is 14.1 Å².